The van der Waals surface area contributed by atoms with Crippen molar-refractivity contribution < 1.29 is 39.5 Å². The smallest absolute Gasteiger partial charge is 0.304 e. The minimum absolute atomic E-state index is 0.0146. The number of nitrogens with one attached hydrogen (secondary N) is 1. The van der Waals surface area contributed by atoms with E-state index in [-0.39, 0.29) is 10.9 Å². The third-order valence-electron chi connectivity index (χ3n) is 6.13. The molecule has 0 bridgehead atoms. The SMILES string of the molecule is FC(F)(F)C(F)(F)C(F)(F)C(F)(F)S.NSCNC1CCCCC1.c1ccc([S+](c2ccccc2)c2ccccc2)cc1. The standard InChI is InChI=1S/C18H15S.C7H16N2S.C4HF9S/c1-4-10-16(11-5-1)19(17-12-6-2-7-13-17)18-14-8-3-9-15-18;8-10-6-9-7-4-2-1-3-5-7;5-1(6,3(9,10)11)2(7,8)4(12,13)14/h1-15H;7,9H,1-6,8H2;14H/q+1;;. The van der Waals surface area contributed by atoms with E-state index in [0.717, 1.165) is 11.9 Å². The molecular weight excluding hydrogens is 644 g/mol. The maximum absolute atomic E-state index is 11.9. The van der Waals surface area contributed by atoms with Crippen molar-refractivity contribution in [2.45, 2.75) is 76.1 Å². The first kappa shape index (κ1) is 37.2. The molecule has 3 N–H and O–H groups in total. The molecule has 0 unspecified atom stereocenters. The van der Waals surface area contributed by atoms with Crippen LogP contribution in [-0.4, -0.2) is 35.2 Å². The summed E-state index contributed by atoms with van der Waals surface area (Å²) in [4.78, 5) is 4.08. The number of halogens is 9. The summed E-state index contributed by atoms with van der Waals surface area (Å²) >= 11 is 3.08. The first-order valence-corrected chi connectivity index (χ1v) is 15.7. The van der Waals surface area contributed by atoms with Crippen LogP contribution in [0.3, 0.4) is 0 Å². The first-order chi connectivity index (χ1) is 20.1. The van der Waals surface area contributed by atoms with Crippen LogP contribution in [0, 0.1) is 0 Å². The molecule has 2 nitrogen and oxygen atoms in total. The molecule has 0 spiro atoms. The van der Waals surface area contributed by atoms with E-state index in [9.17, 15) is 39.5 Å². The summed E-state index contributed by atoms with van der Waals surface area (Å²) in [6.07, 6.45) is 0.136. The molecule has 238 valence electrons. The van der Waals surface area contributed by atoms with E-state index in [1.807, 2.05) is 0 Å². The van der Waals surface area contributed by atoms with E-state index >= 15 is 0 Å². The average Bonchev–Trinajstić information content (AvgIpc) is 2.98. The fourth-order valence-electron chi connectivity index (χ4n) is 3.92. The van der Waals surface area contributed by atoms with Crippen molar-refractivity contribution in [3.05, 3.63) is 91.0 Å². The Morgan fingerprint density at radius 3 is 1.30 bits per heavy atom. The fraction of sp³-hybridized carbons (Fsp3) is 0.379. The molecule has 4 rings (SSSR count). The second-order valence-electron chi connectivity index (χ2n) is 9.28. The third-order valence-corrected chi connectivity index (χ3v) is 8.97. The van der Waals surface area contributed by atoms with Gasteiger partial charge in [0.1, 0.15) is 0 Å². The van der Waals surface area contributed by atoms with Crippen molar-refractivity contribution in [1.82, 2.24) is 5.32 Å². The highest BCUT2D eigenvalue weighted by Crippen LogP contribution is 2.54. The van der Waals surface area contributed by atoms with Crippen LogP contribution in [0.4, 0.5) is 39.5 Å². The Bertz CT molecular complexity index is 1060. The van der Waals surface area contributed by atoms with Crippen LogP contribution in [-0.2, 0) is 10.9 Å². The number of alkyl halides is 9. The lowest BCUT2D eigenvalue weighted by molar-refractivity contribution is -0.380. The molecule has 1 aliphatic rings. The summed E-state index contributed by atoms with van der Waals surface area (Å²) < 4.78 is 105. The van der Waals surface area contributed by atoms with Gasteiger partial charge < -0.3 is 5.32 Å². The van der Waals surface area contributed by atoms with Gasteiger partial charge >= 0.3 is 23.3 Å². The molecule has 0 aliphatic heterocycles. The van der Waals surface area contributed by atoms with Crippen LogP contribution >= 0.6 is 24.6 Å². The summed E-state index contributed by atoms with van der Waals surface area (Å²) in [6.45, 7) is 0. The number of thiol groups is 1. The molecule has 3 aromatic rings. The molecule has 0 heterocycles. The molecule has 0 saturated heterocycles. The van der Waals surface area contributed by atoms with Crippen LogP contribution < -0.4 is 10.5 Å². The Kier molecular flexibility index (Phi) is 14.6. The van der Waals surface area contributed by atoms with Crippen LogP contribution in [0.1, 0.15) is 32.1 Å². The monoisotopic (exact) mass is 675 g/mol. The lowest BCUT2D eigenvalue weighted by Crippen LogP contribution is -2.59. The van der Waals surface area contributed by atoms with Gasteiger partial charge in [-0.1, -0.05) is 98.4 Å². The van der Waals surface area contributed by atoms with E-state index in [2.05, 4.69) is 96.3 Å². The van der Waals surface area contributed by atoms with E-state index < -0.39 is 23.3 Å². The van der Waals surface area contributed by atoms with Crippen molar-refractivity contribution in [2.24, 2.45) is 5.14 Å². The van der Waals surface area contributed by atoms with Gasteiger partial charge in [0, 0.05) is 6.04 Å². The zero-order valence-corrected chi connectivity index (χ0v) is 25.3. The Morgan fingerprint density at radius 1 is 0.651 bits per heavy atom. The van der Waals surface area contributed by atoms with Crippen molar-refractivity contribution in [3.8, 4) is 0 Å². The van der Waals surface area contributed by atoms with Gasteiger partial charge in [0.15, 0.2) is 14.7 Å². The largest absolute Gasteiger partial charge is 0.460 e. The minimum atomic E-state index is -6.84. The topological polar surface area (TPSA) is 38.0 Å². The Labute approximate surface area is 257 Å². The quantitative estimate of drug-likeness (QED) is 0.0732. The highest BCUT2D eigenvalue weighted by molar-refractivity contribution is 7.97. The lowest BCUT2D eigenvalue weighted by Gasteiger charge is -2.30. The van der Waals surface area contributed by atoms with Gasteiger partial charge in [-0.15, -0.1) is 0 Å². The normalized spacial score (nSPS) is 14.8. The van der Waals surface area contributed by atoms with Crippen molar-refractivity contribution in [3.63, 3.8) is 0 Å². The molecule has 43 heavy (non-hydrogen) atoms. The van der Waals surface area contributed by atoms with Gasteiger partial charge in [-0.3, -0.25) is 5.14 Å². The third kappa shape index (κ3) is 10.8. The van der Waals surface area contributed by atoms with Crippen molar-refractivity contribution >= 4 is 35.5 Å². The second kappa shape index (κ2) is 16.9. The Hall–Kier alpha value is -2.00. The lowest BCUT2D eigenvalue weighted by atomic mass is 9.96. The van der Waals surface area contributed by atoms with E-state index in [0.29, 0.717) is 0 Å². The van der Waals surface area contributed by atoms with E-state index in [1.165, 1.54) is 58.7 Å². The summed E-state index contributed by atoms with van der Waals surface area (Å²) in [5.74, 6) is -12.5. The van der Waals surface area contributed by atoms with Crippen molar-refractivity contribution in [1.29, 1.82) is 0 Å². The molecular formula is C29H32F9N2S3+. The highest BCUT2D eigenvalue weighted by atomic mass is 32.2. The maximum atomic E-state index is 11.9. The summed E-state index contributed by atoms with van der Waals surface area (Å²) in [5, 5.41) is 2.94. The fourth-order valence-corrected chi connectivity index (χ4v) is 6.49. The first-order valence-electron chi connectivity index (χ1n) is 13.0. The number of benzene rings is 3. The molecule has 1 saturated carbocycles. The predicted octanol–water partition coefficient (Wildman–Crippen LogP) is 9.60. The van der Waals surface area contributed by atoms with Crippen LogP contribution in [0.5, 0.6) is 0 Å². The zero-order valence-electron chi connectivity index (χ0n) is 22.7. The minimum Gasteiger partial charge on any atom is -0.304 e. The molecule has 0 amide bonds. The Morgan fingerprint density at radius 2 is 1.02 bits per heavy atom. The number of hydrogen-bond donors (Lipinski definition) is 3. The van der Waals surface area contributed by atoms with Gasteiger partial charge in [-0.25, -0.2) is 0 Å². The average molecular weight is 676 g/mol. The summed E-state index contributed by atoms with van der Waals surface area (Å²) in [7, 11) is -0.0146. The molecule has 1 fully saturated rings. The van der Waals surface area contributed by atoms with E-state index in [4.69, 9.17) is 5.14 Å². The second-order valence-corrected chi connectivity index (χ2v) is 12.5. The van der Waals surface area contributed by atoms with Crippen molar-refractivity contribution in [2.75, 3.05) is 5.88 Å². The van der Waals surface area contributed by atoms with Gasteiger partial charge in [0.05, 0.1) is 16.8 Å². The molecule has 3 aromatic carbocycles. The molecule has 0 atom stereocenters. The van der Waals surface area contributed by atoms with Crippen LogP contribution in [0.25, 0.3) is 0 Å². The zero-order chi connectivity index (χ0) is 32.2. The molecule has 14 heteroatoms. The Balaban J connectivity index is 0.000000239. The number of rotatable bonds is 8. The number of hydrogen-bond acceptors (Lipinski definition) is 4. The maximum Gasteiger partial charge on any atom is 0.460 e. The van der Waals surface area contributed by atoms with E-state index in [1.54, 1.807) is 12.6 Å². The highest BCUT2D eigenvalue weighted by Gasteiger charge is 2.81. The van der Waals surface area contributed by atoms with Crippen LogP contribution in [0.2, 0.25) is 0 Å². The molecule has 0 radical (unpaired) electrons. The van der Waals surface area contributed by atoms with Gasteiger partial charge in [0.25, 0.3) is 0 Å². The van der Waals surface area contributed by atoms with Gasteiger partial charge in [-0.05, 0) is 49.2 Å². The molecule has 0 aromatic heterocycles. The summed E-state index contributed by atoms with van der Waals surface area (Å²) in [5.41, 5.74) is 0. The molecule has 1 aliphatic carbocycles. The summed E-state index contributed by atoms with van der Waals surface area (Å²) in [6, 6.07) is 32.9. The van der Waals surface area contributed by atoms with Gasteiger partial charge in [-0.2, -0.15) is 39.5 Å². The predicted molar refractivity (Wildman–Crippen MR) is 158 cm³/mol. The van der Waals surface area contributed by atoms with Gasteiger partial charge in [0.2, 0.25) is 0 Å². The number of nitrogens with two attached hydrogens (primary N) is 1. The van der Waals surface area contributed by atoms with Crippen LogP contribution in [0.15, 0.2) is 106 Å².